The zero-order valence-corrected chi connectivity index (χ0v) is 17.3. The van der Waals surface area contributed by atoms with Crippen LogP contribution in [0.4, 0.5) is 0 Å². The van der Waals surface area contributed by atoms with Crippen molar-refractivity contribution in [3.8, 4) is 11.5 Å². The zero-order valence-electron chi connectivity index (χ0n) is 17.3. The van der Waals surface area contributed by atoms with Gasteiger partial charge in [0.1, 0.15) is 11.5 Å². The SMILES string of the molecule is CCOc1ccc(C2C(=O)c3ccc(OC)cc3C3CCC(C)(C)CC32)cc1. The van der Waals surface area contributed by atoms with E-state index in [1.54, 1.807) is 7.11 Å². The zero-order chi connectivity index (χ0) is 19.9. The van der Waals surface area contributed by atoms with Crippen molar-refractivity contribution in [2.45, 2.75) is 51.9 Å². The van der Waals surface area contributed by atoms with Gasteiger partial charge in [0.25, 0.3) is 0 Å². The number of carbonyl (C=O) groups is 1. The van der Waals surface area contributed by atoms with E-state index in [2.05, 4.69) is 32.0 Å². The van der Waals surface area contributed by atoms with E-state index in [9.17, 15) is 4.79 Å². The fourth-order valence-corrected chi connectivity index (χ4v) is 5.28. The Morgan fingerprint density at radius 1 is 1.07 bits per heavy atom. The van der Waals surface area contributed by atoms with E-state index >= 15 is 0 Å². The number of ketones is 1. The molecule has 2 aliphatic carbocycles. The summed E-state index contributed by atoms with van der Waals surface area (Å²) in [4.78, 5) is 13.6. The Hall–Kier alpha value is -2.29. The number of benzene rings is 2. The monoisotopic (exact) mass is 378 g/mol. The highest BCUT2D eigenvalue weighted by Gasteiger charge is 2.47. The van der Waals surface area contributed by atoms with Gasteiger partial charge in [-0.3, -0.25) is 4.79 Å². The molecular weight excluding hydrogens is 348 g/mol. The number of methoxy groups -OCH3 is 1. The van der Waals surface area contributed by atoms with Crippen LogP contribution in [0.1, 0.15) is 73.4 Å². The van der Waals surface area contributed by atoms with Gasteiger partial charge in [0.15, 0.2) is 5.78 Å². The largest absolute Gasteiger partial charge is 0.497 e. The summed E-state index contributed by atoms with van der Waals surface area (Å²) < 4.78 is 11.1. The molecule has 0 heterocycles. The maximum atomic E-state index is 13.6. The first-order valence-corrected chi connectivity index (χ1v) is 10.4. The van der Waals surface area contributed by atoms with Gasteiger partial charge in [0.2, 0.25) is 0 Å². The normalized spacial score (nSPS) is 25.6. The summed E-state index contributed by atoms with van der Waals surface area (Å²) in [6, 6.07) is 14.1. The fraction of sp³-hybridized carbons (Fsp3) is 0.480. The van der Waals surface area contributed by atoms with E-state index in [0.29, 0.717) is 18.4 Å². The van der Waals surface area contributed by atoms with Crippen LogP contribution in [0.25, 0.3) is 0 Å². The van der Waals surface area contributed by atoms with Gasteiger partial charge in [-0.05, 0) is 84.9 Å². The standard InChI is InChI=1S/C25H30O3/c1-5-28-17-8-6-16(7-9-17)23-22-15-25(2,3)13-12-19(22)21-14-18(27-4)10-11-20(21)24(23)26/h6-11,14,19,22-23H,5,12-13,15H2,1-4H3. The molecule has 0 aliphatic heterocycles. The second-order valence-electron chi connectivity index (χ2n) is 8.97. The highest BCUT2D eigenvalue weighted by molar-refractivity contribution is 6.04. The van der Waals surface area contributed by atoms with Crippen LogP contribution in [0.2, 0.25) is 0 Å². The first-order chi connectivity index (χ1) is 13.4. The van der Waals surface area contributed by atoms with Crippen molar-refractivity contribution >= 4 is 5.78 Å². The van der Waals surface area contributed by atoms with Gasteiger partial charge in [-0.15, -0.1) is 0 Å². The Kier molecular flexibility index (Phi) is 4.95. The first-order valence-electron chi connectivity index (χ1n) is 10.4. The van der Waals surface area contributed by atoms with Gasteiger partial charge in [-0.1, -0.05) is 26.0 Å². The number of hydrogen-bond acceptors (Lipinski definition) is 3. The first kappa shape index (κ1) is 19.0. The third-order valence-electron chi connectivity index (χ3n) is 6.62. The molecule has 0 radical (unpaired) electrons. The lowest BCUT2D eigenvalue weighted by molar-refractivity contribution is 0.0780. The van der Waals surface area contributed by atoms with E-state index in [1.807, 2.05) is 31.2 Å². The number of hydrogen-bond donors (Lipinski definition) is 0. The molecule has 0 bridgehead atoms. The molecular formula is C25H30O3. The molecule has 28 heavy (non-hydrogen) atoms. The van der Waals surface area contributed by atoms with Crippen LogP contribution in [-0.4, -0.2) is 19.5 Å². The molecule has 0 saturated heterocycles. The van der Waals surface area contributed by atoms with Crippen LogP contribution in [0.3, 0.4) is 0 Å². The van der Waals surface area contributed by atoms with Crippen molar-refractivity contribution in [1.82, 2.24) is 0 Å². The maximum absolute atomic E-state index is 13.6. The Labute approximate surface area is 168 Å². The lowest BCUT2D eigenvalue weighted by Gasteiger charge is -2.47. The highest BCUT2D eigenvalue weighted by Crippen LogP contribution is 2.56. The summed E-state index contributed by atoms with van der Waals surface area (Å²) in [6.07, 6.45) is 3.38. The maximum Gasteiger partial charge on any atom is 0.170 e. The smallest absolute Gasteiger partial charge is 0.170 e. The van der Waals surface area contributed by atoms with Crippen molar-refractivity contribution in [2.75, 3.05) is 13.7 Å². The van der Waals surface area contributed by atoms with Crippen LogP contribution >= 0.6 is 0 Å². The molecule has 0 N–H and O–H groups in total. The Morgan fingerprint density at radius 2 is 1.79 bits per heavy atom. The second-order valence-corrected chi connectivity index (χ2v) is 8.97. The van der Waals surface area contributed by atoms with Crippen LogP contribution in [0.15, 0.2) is 42.5 Å². The van der Waals surface area contributed by atoms with Crippen molar-refractivity contribution in [3.05, 3.63) is 59.2 Å². The average Bonchev–Trinajstić information content (AvgIpc) is 2.68. The minimum absolute atomic E-state index is 0.0823. The number of carbonyl (C=O) groups excluding carboxylic acids is 1. The molecule has 0 spiro atoms. The van der Waals surface area contributed by atoms with Crippen molar-refractivity contribution < 1.29 is 14.3 Å². The minimum Gasteiger partial charge on any atom is -0.497 e. The summed E-state index contributed by atoms with van der Waals surface area (Å²) in [5.41, 5.74) is 3.44. The van der Waals surface area contributed by atoms with Crippen molar-refractivity contribution in [1.29, 1.82) is 0 Å². The quantitative estimate of drug-likeness (QED) is 0.656. The molecule has 1 fully saturated rings. The second kappa shape index (κ2) is 7.27. The van der Waals surface area contributed by atoms with Crippen molar-refractivity contribution in [3.63, 3.8) is 0 Å². The third-order valence-corrected chi connectivity index (χ3v) is 6.62. The van der Waals surface area contributed by atoms with E-state index in [-0.39, 0.29) is 17.1 Å². The van der Waals surface area contributed by atoms with Crippen LogP contribution in [-0.2, 0) is 0 Å². The van der Waals surface area contributed by atoms with Crippen molar-refractivity contribution in [2.24, 2.45) is 11.3 Å². The van der Waals surface area contributed by atoms with Gasteiger partial charge >= 0.3 is 0 Å². The Bertz CT molecular complexity index is 866. The predicted octanol–water partition coefficient (Wildman–Crippen LogP) is 5.98. The molecule has 3 atom stereocenters. The molecule has 2 aromatic rings. The van der Waals surface area contributed by atoms with E-state index in [4.69, 9.17) is 9.47 Å². The summed E-state index contributed by atoms with van der Waals surface area (Å²) in [5, 5.41) is 0. The molecule has 148 valence electrons. The minimum atomic E-state index is -0.0823. The van der Waals surface area contributed by atoms with E-state index < -0.39 is 0 Å². The topological polar surface area (TPSA) is 35.5 Å². The molecule has 0 amide bonds. The summed E-state index contributed by atoms with van der Waals surface area (Å²) >= 11 is 0. The predicted molar refractivity (Wildman–Crippen MR) is 112 cm³/mol. The molecule has 2 aliphatic rings. The number of Topliss-reactive ketones (excluding diaryl/α,β-unsaturated/α-hetero) is 1. The van der Waals surface area contributed by atoms with Crippen LogP contribution < -0.4 is 9.47 Å². The molecule has 0 aromatic heterocycles. The highest BCUT2D eigenvalue weighted by atomic mass is 16.5. The van der Waals surface area contributed by atoms with Gasteiger partial charge in [0.05, 0.1) is 19.6 Å². The molecule has 3 heteroatoms. The van der Waals surface area contributed by atoms with Crippen LogP contribution in [0, 0.1) is 11.3 Å². The lowest BCUT2D eigenvalue weighted by Crippen LogP contribution is -2.39. The Balaban J connectivity index is 1.79. The van der Waals surface area contributed by atoms with Gasteiger partial charge in [-0.25, -0.2) is 0 Å². The molecule has 3 nitrogen and oxygen atoms in total. The molecule has 4 rings (SSSR count). The third kappa shape index (κ3) is 3.32. The molecule has 1 saturated carbocycles. The lowest BCUT2D eigenvalue weighted by atomic mass is 9.56. The van der Waals surface area contributed by atoms with Gasteiger partial charge in [0, 0.05) is 5.56 Å². The summed E-state index contributed by atoms with van der Waals surface area (Å²) in [5.74, 6) is 2.61. The molecule has 2 aromatic carbocycles. The average molecular weight is 379 g/mol. The van der Waals surface area contributed by atoms with Gasteiger partial charge < -0.3 is 9.47 Å². The Morgan fingerprint density at radius 3 is 2.46 bits per heavy atom. The van der Waals surface area contributed by atoms with E-state index in [0.717, 1.165) is 35.5 Å². The number of rotatable bonds is 4. The van der Waals surface area contributed by atoms with E-state index in [1.165, 1.54) is 12.0 Å². The number of ether oxygens (including phenoxy) is 2. The van der Waals surface area contributed by atoms with Crippen LogP contribution in [0.5, 0.6) is 11.5 Å². The summed E-state index contributed by atoms with van der Waals surface area (Å²) in [7, 11) is 1.69. The summed E-state index contributed by atoms with van der Waals surface area (Å²) in [6.45, 7) is 7.31. The van der Waals surface area contributed by atoms with Gasteiger partial charge in [-0.2, -0.15) is 0 Å². The molecule has 3 unspecified atom stereocenters. The fourth-order valence-electron chi connectivity index (χ4n) is 5.28. The number of fused-ring (bicyclic) bond motifs is 3.